The molecule has 46 heavy (non-hydrogen) atoms. The van der Waals surface area contributed by atoms with Gasteiger partial charge in [0.1, 0.15) is 12.0 Å². The Morgan fingerprint density at radius 2 is 1.93 bits per heavy atom. The van der Waals surface area contributed by atoms with Gasteiger partial charge in [0, 0.05) is 54.8 Å². The fourth-order valence-electron chi connectivity index (χ4n) is 7.27. The number of nitrogens with zero attached hydrogens (tertiary/aromatic N) is 7. The van der Waals surface area contributed by atoms with Gasteiger partial charge in [0.05, 0.1) is 42.4 Å². The summed E-state index contributed by atoms with van der Waals surface area (Å²) in [5.74, 6) is -1.16. The number of anilines is 2. The molecule has 3 aromatic rings. The van der Waals surface area contributed by atoms with Gasteiger partial charge in [-0.3, -0.25) is 4.79 Å². The predicted octanol–water partition coefficient (Wildman–Crippen LogP) is 5.32. The van der Waals surface area contributed by atoms with Crippen LogP contribution in [0.3, 0.4) is 0 Å². The van der Waals surface area contributed by atoms with Gasteiger partial charge in [-0.2, -0.15) is 15.2 Å². The lowest BCUT2D eigenvalue weighted by Gasteiger charge is -2.45. The monoisotopic (exact) mass is 649 g/mol. The van der Waals surface area contributed by atoms with E-state index in [1.807, 2.05) is 54.2 Å². The highest BCUT2D eigenvalue weighted by Crippen LogP contribution is 2.44. The van der Waals surface area contributed by atoms with Gasteiger partial charge in [0.15, 0.2) is 5.83 Å². The Kier molecular flexibility index (Phi) is 9.03. The number of halogens is 3. The molecule has 12 heteroatoms. The smallest absolute Gasteiger partial charge is 0.318 e. The minimum Gasteiger partial charge on any atom is -0.463 e. The number of hydrogen-bond donors (Lipinski definition) is 0. The van der Waals surface area contributed by atoms with Gasteiger partial charge in [-0.15, -0.1) is 0 Å². The second kappa shape index (κ2) is 13.0. The number of rotatable bonds is 9. The first-order valence-corrected chi connectivity index (χ1v) is 16.0. The number of benzene rings is 2. The molecule has 1 saturated heterocycles. The van der Waals surface area contributed by atoms with Gasteiger partial charge in [-0.1, -0.05) is 42.4 Å². The van der Waals surface area contributed by atoms with Crippen LogP contribution in [0, 0.1) is 16.7 Å². The Morgan fingerprint density at radius 3 is 2.63 bits per heavy atom. The van der Waals surface area contributed by atoms with Crippen molar-refractivity contribution in [3.8, 4) is 12.1 Å². The van der Waals surface area contributed by atoms with E-state index < -0.39 is 23.9 Å². The number of piperazine rings is 1. The highest BCUT2D eigenvalue weighted by atomic mass is 35.5. The van der Waals surface area contributed by atoms with Gasteiger partial charge in [-0.05, 0) is 50.9 Å². The summed E-state index contributed by atoms with van der Waals surface area (Å²) in [4.78, 5) is 30.1. The number of ether oxygens (including phenoxy) is 1. The van der Waals surface area contributed by atoms with E-state index in [0.717, 1.165) is 27.7 Å². The number of carbonyl (C=O) groups excluding carboxylic acids is 1. The summed E-state index contributed by atoms with van der Waals surface area (Å²) in [7, 11) is 3.93. The fraction of sp³-hybridized carbons (Fsp3) is 0.471. The molecule has 1 atom stereocenters. The average molecular weight is 650 g/mol. The summed E-state index contributed by atoms with van der Waals surface area (Å²) in [5, 5.41) is 12.2. The molecule has 6 rings (SSSR count). The van der Waals surface area contributed by atoms with Crippen LogP contribution in [0.25, 0.3) is 10.8 Å². The zero-order valence-corrected chi connectivity index (χ0v) is 26.9. The topological polar surface area (TPSA) is 88.8 Å². The lowest BCUT2D eigenvalue weighted by molar-refractivity contribution is -0.131. The molecule has 2 fully saturated rings. The predicted molar refractivity (Wildman–Crippen MR) is 175 cm³/mol. The summed E-state index contributed by atoms with van der Waals surface area (Å²) in [6, 6.07) is 13.8. The molecule has 242 valence electrons. The maximum absolute atomic E-state index is 14.1. The van der Waals surface area contributed by atoms with Crippen molar-refractivity contribution >= 4 is 39.8 Å². The van der Waals surface area contributed by atoms with Crippen molar-refractivity contribution in [2.75, 3.05) is 63.2 Å². The molecule has 0 N–H and O–H groups in total. The molecule has 1 aromatic heterocycles. The van der Waals surface area contributed by atoms with Crippen LogP contribution < -0.4 is 14.5 Å². The lowest BCUT2D eigenvalue weighted by Crippen LogP contribution is -2.55. The standard InChI is InChI=1S/C34H38ClF2N7O2/c1-22(36)32(45)44-15-14-43(18-25(44)10-12-38)31-26-11-13-42(29-9-5-7-23-6-4-8-27(35)30(23)29)19-28(26)39-33(40-31)46-21-34(20-41(2)3)16-24(37)17-34/h4-9,24-25H,1,10-11,13-21H2,2-3H3/t24?,25-,34?/m0/s1. The second-order valence-electron chi connectivity index (χ2n) is 12.9. The maximum atomic E-state index is 14.1. The first-order valence-electron chi connectivity index (χ1n) is 15.6. The Bertz CT molecular complexity index is 1680. The van der Waals surface area contributed by atoms with Crippen LogP contribution >= 0.6 is 11.6 Å². The van der Waals surface area contributed by atoms with Crippen molar-refractivity contribution < 1.29 is 18.3 Å². The molecule has 3 heterocycles. The number of hydrogen-bond acceptors (Lipinski definition) is 8. The molecule has 0 unspecified atom stereocenters. The number of fused-ring (bicyclic) bond motifs is 2. The van der Waals surface area contributed by atoms with Crippen molar-refractivity contribution in [1.82, 2.24) is 19.8 Å². The Morgan fingerprint density at radius 1 is 1.17 bits per heavy atom. The van der Waals surface area contributed by atoms with Gasteiger partial charge in [-0.25, -0.2) is 8.78 Å². The van der Waals surface area contributed by atoms with Crippen LogP contribution in [0.2, 0.25) is 5.02 Å². The molecule has 1 aliphatic carbocycles. The second-order valence-corrected chi connectivity index (χ2v) is 13.3. The van der Waals surface area contributed by atoms with Gasteiger partial charge in [0.25, 0.3) is 5.91 Å². The fourth-order valence-corrected chi connectivity index (χ4v) is 7.55. The van der Waals surface area contributed by atoms with Crippen LogP contribution in [0.5, 0.6) is 6.01 Å². The number of amides is 1. The Labute approximate surface area is 273 Å². The number of nitriles is 1. The third kappa shape index (κ3) is 6.33. The van der Waals surface area contributed by atoms with Crippen LogP contribution in [0.1, 0.15) is 30.5 Å². The molecule has 2 aliphatic heterocycles. The summed E-state index contributed by atoms with van der Waals surface area (Å²) >= 11 is 6.69. The molecule has 3 aliphatic rings. The molecule has 2 aromatic carbocycles. The number of carbonyl (C=O) groups is 1. The van der Waals surface area contributed by atoms with Crippen molar-refractivity contribution in [2.45, 2.75) is 44.4 Å². The third-order valence-electron chi connectivity index (χ3n) is 9.27. The van der Waals surface area contributed by atoms with E-state index in [1.165, 1.54) is 4.90 Å². The number of alkyl halides is 1. The maximum Gasteiger partial charge on any atom is 0.318 e. The first-order chi connectivity index (χ1) is 22.1. The van der Waals surface area contributed by atoms with Crippen LogP contribution in [-0.4, -0.2) is 91.3 Å². The van der Waals surface area contributed by atoms with E-state index in [9.17, 15) is 18.8 Å². The zero-order chi connectivity index (χ0) is 32.6. The van der Waals surface area contributed by atoms with E-state index in [-0.39, 0.29) is 31.0 Å². The van der Waals surface area contributed by atoms with E-state index in [0.29, 0.717) is 62.8 Å². The normalized spacial score (nSPS) is 22.8. The number of aromatic nitrogens is 2. The van der Waals surface area contributed by atoms with Crippen molar-refractivity contribution in [2.24, 2.45) is 5.41 Å². The molecule has 0 spiro atoms. The SMILES string of the molecule is C=C(F)C(=O)N1CCN(c2nc(OCC3(CN(C)C)CC(F)C3)nc3c2CCN(c2cccc4cccc(Cl)c24)C3)C[C@@H]1CC#N. The molecule has 1 amide bonds. The van der Waals surface area contributed by atoms with Gasteiger partial charge >= 0.3 is 6.01 Å². The first kappa shape index (κ1) is 32.0. The van der Waals surface area contributed by atoms with Crippen LogP contribution in [0.15, 0.2) is 48.8 Å². The summed E-state index contributed by atoms with van der Waals surface area (Å²) in [5.41, 5.74) is 2.46. The minimum absolute atomic E-state index is 0.0409. The average Bonchev–Trinajstić information content (AvgIpc) is 3.01. The molecule has 9 nitrogen and oxygen atoms in total. The molecule has 0 bridgehead atoms. The minimum atomic E-state index is -1.04. The van der Waals surface area contributed by atoms with Crippen molar-refractivity contribution in [3.63, 3.8) is 0 Å². The van der Waals surface area contributed by atoms with E-state index in [2.05, 4.69) is 23.6 Å². The molecular weight excluding hydrogens is 612 g/mol. The highest BCUT2D eigenvalue weighted by molar-refractivity contribution is 6.36. The van der Waals surface area contributed by atoms with Gasteiger partial charge < -0.3 is 24.3 Å². The van der Waals surface area contributed by atoms with Crippen molar-refractivity contribution in [1.29, 1.82) is 5.26 Å². The van der Waals surface area contributed by atoms with E-state index in [4.69, 9.17) is 26.3 Å². The highest BCUT2D eigenvalue weighted by Gasteiger charge is 2.46. The van der Waals surface area contributed by atoms with Gasteiger partial charge in [0.2, 0.25) is 0 Å². The van der Waals surface area contributed by atoms with Crippen LogP contribution in [-0.2, 0) is 17.8 Å². The third-order valence-corrected chi connectivity index (χ3v) is 9.58. The largest absolute Gasteiger partial charge is 0.463 e. The molecular formula is C34H38ClF2N7O2. The Hall–Kier alpha value is -4.01. The van der Waals surface area contributed by atoms with E-state index >= 15 is 0 Å². The zero-order valence-electron chi connectivity index (χ0n) is 26.2. The summed E-state index contributed by atoms with van der Waals surface area (Å²) < 4.78 is 34.2. The van der Waals surface area contributed by atoms with E-state index in [1.54, 1.807) is 0 Å². The van der Waals surface area contributed by atoms with Crippen LogP contribution in [0.4, 0.5) is 20.3 Å². The molecule has 1 saturated carbocycles. The lowest BCUT2D eigenvalue weighted by atomic mass is 9.67. The summed E-state index contributed by atoms with van der Waals surface area (Å²) in [6.07, 6.45) is 0.679. The quantitative estimate of drug-likeness (QED) is 0.288. The van der Waals surface area contributed by atoms with Crippen molar-refractivity contribution in [3.05, 3.63) is 65.1 Å². The summed E-state index contributed by atoms with van der Waals surface area (Å²) in [6.45, 7) is 6.23. The molecule has 0 radical (unpaired) electrons. The Balaban J connectivity index is 1.34.